The highest BCUT2D eigenvalue weighted by atomic mass is 16.5. The second kappa shape index (κ2) is 10.8. The van der Waals surface area contributed by atoms with Crippen molar-refractivity contribution in [1.82, 2.24) is 10.2 Å². The van der Waals surface area contributed by atoms with Gasteiger partial charge in [0.15, 0.2) is 6.61 Å². The summed E-state index contributed by atoms with van der Waals surface area (Å²) in [6.45, 7) is 4.19. The first-order valence-electron chi connectivity index (χ1n) is 10.9. The minimum atomic E-state index is -0.515. The lowest BCUT2D eigenvalue weighted by molar-refractivity contribution is -0.143. The Kier molecular flexibility index (Phi) is 7.89. The highest BCUT2D eigenvalue weighted by Crippen LogP contribution is 2.20. The number of carbonyl (C=O) groups is 2. The molecule has 2 aromatic rings. The van der Waals surface area contributed by atoms with E-state index in [-0.39, 0.29) is 24.5 Å². The molecule has 5 heteroatoms. The lowest BCUT2D eigenvalue weighted by Gasteiger charge is -2.31. The molecule has 30 heavy (non-hydrogen) atoms. The molecule has 1 aliphatic carbocycles. The largest absolute Gasteiger partial charge is 0.484 e. The summed E-state index contributed by atoms with van der Waals surface area (Å²) in [5.41, 5.74) is 1.97. The molecule has 2 amide bonds. The van der Waals surface area contributed by atoms with Gasteiger partial charge >= 0.3 is 0 Å². The highest BCUT2D eigenvalue weighted by Gasteiger charge is 2.30. The lowest BCUT2D eigenvalue weighted by Crippen LogP contribution is -2.52. The van der Waals surface area contributed by atoms with E-state index in [1.54, 1.807) is 4.90 Å². The van der Waals surface area contributed by atoms with E-state index in [0.29, 0.717) is 18.7 Å². The van der Waals surface area contributed by atoms with Crippen LogP contribution in [0.5, 0.6) is 5.75 Å². The third-order valence-electron chi connectivity index (χ3n) is 5.73. The Morgan fingerprint density at radius 3 is 2.40 bits per heavy atom. The summed E-state index contributed by atoms with van der Waals surface area (Å²) < 4.78 is 5.80. The quantitative estimate of drug-likeness (QED) is 0.675. The zero-order chi connectivity index (χ0) is 21.3. The van der Waals surface area contributed by atoms with Crippen LogP contribution in [0.4, 0.5) is 0 Å². The molecule has 0 spiro atoms. The van der Waals surface area contributed by atoms with Crippen molar-refractivity contribution in [1.29, 1.82) is 0 Å². The number of carbonyl (C=O) groups excluding carboxylic acids is 2. The van der Waals surface area contributed by atoms with Crippen molar-refractivity contribution < 1.29 is 14.3 Å². The van der Waals surface area contributed by atoms with Crippen molar-refractivity contribution >= 4 is 11.8 Å². The minimum absolute atomic E-state index is 0.0652. The summed E-state index contributed by atoms with van der Waals surface area (Å²) in [6.07, 6.45) is 4.90. The summed E-state index contributed by atoms with van der Waals surface area (Å²) in [5, 5.41) is 3.16. The molecule has 0 aromatic heterocycles. The van der Waals surface area contributed by atoms with Gasteiger partial charge in [-0.3, -0.25) is 9.59 Å². The van der Waals surface area contributed by atoms with Gasteiger partial charge in [-0.15, -0.1) is 0 Å². The number of nitrogens with zero attached hydrogens (tertiary/aromatic N) is 1. The van der Waals surface area contributed by atoms with Gasteiger partial charge in [0.05, 0.1) is 0 Å². The first-order chi connectivity index (χ1) is 14.6. The van der Waals surface area contributed by atoms with Crippen LogP contribution in [0.15, 0.2) is 54.6 Å². The van der Waals surface area contributed by atoms with Crippen LogP contribution in [0.3, 0.4) is 0 Å². The number of amides is 2. The fraction of sp³-hybridized carbons (Fsp3) is 0.440. The SMILES string of the molecule is CCC(C(=O)NC1CCCC1)N(Cc1ccccc1)C(=O)COc1ccccc1C. The second-order valence-electron chi connectivity index (χ2n) is 7.98. The van der Waals surface area contributed by atoms with Crippen molar-refractivity contribution in [2.45, 2.75) is 64.6 Å². The molecule has 0 saturated heterocycles. The van der Waals surface area contributed by atoms with Crippen LogP contribution in [-0.4, -0.2) is 35.4 Å². The molecule has 1 aliphatic rings. The van der Waals surface area contributed by atoms with Crippen molar-refractivity contribution in [3.63, 3.8) is 0 Å². The molecule has 0 bridgehead atoms. The van der Waals surface area contributed by atoms with Crippen LogP contribution >= 0.6 is 0 Å². The normalized spacial score (nSPS) is 14.9. The molecule has 5 nitrogen and oxygen atoms in total. The van der Waals surface area contributed by atoms with E-state index in [0.717, 1.165) is 36.8 Å². The smallest absolute Gasteiger partial charge is 0.261 e. The van der Waals surface area contributed by atoms with Gasteiger partial charge in [-0.2, -0.15) is 0 Å². The van der Waals surface area contributed by atoms with Gasteiger partial charge < -0.3 is 15.0 Å². The standard InChI is InChI=1S/C25H32N2O3/c1-3-22(25(29)26-21-14-8-9-15-21)27(17-20-12-5-4-6-13-20)24(28)18-30-23-16-10-7-11-19(23)2/h4-7,10-13,16,21-22H,3,8-9,14-15,17-18H2,1-2H3,(H,26,29). The predicted octanol–water partition coefficient (Wildman–Crippen LogP) is 4.24. The first-order valence-corrected chi connectivity index (χ1v) is 10.9. The zero-order valence-corrected chi connectivity index (χ0v) is 18.0. The van der Waals surface area contributed by atoms with E-state index >= 15 is 0 Å². The van der Waals surface area contributed by atoms with E-state index in [1.807, 2.05) is 68.4 Å². The van der Waals surface area contributed by atoms with E-state index in [2.05, 4.69) is 5.32 Å². The van der Waals surface area contributed by atoms with E-state index in [1.165, 1.54) is 0 Å². The van der Waals surface area contributed by atoms with Gasteiger partial charge in [-0.05, 0) is 43.4 Å². The third kappa shape index (κ3) is 5.85. The Labute approximate surface area is 179 Å². The minimum Gasteiger partial charge on any atom is -0.484 e. The van der Waals surface area contributed by atoms with Gasteiger partial charge in [-0.1, -0.05) is 68.3 Å². The summed E-state index contributed by atoms with van der Waals surface area (Å²) in [6, 6.07) is 17.1. The van der Waals surface area contributed by atoms with Gasteiger partial charge in [0.1, 0.15) is 11.8 Å². The Morgan fingerprint density at radius 1 is 1.07 bits per heavy atom. The average molecular weight is 409 g/mol. The van der Waals surface area contributed by atoms with Crippen molar-refractivity contribution in [2.75, 3.05) is 6.61 Å². The van der Waals surface area contributed by atoms with Gasteiger partial charge in [0.25, 0.3) is 5.91 Å². The Hall–Kier alpha value is -2.82. The number of benzene rings is 2. The zero-order valence-electron chi connectivity index (χ0n) is 18.0. The number of para-hydroxylation sites is 1. The first kappa shape index (κ1) is 21.9. The fourth-order valence-electron chi connectivity index (χ4n) is 4.01. The molecule has 0 radical (unpaired) electrons. The maximum absolute atomic E-state index is 13.2. The molecular weight excluding hydrogens is 376 g/mol. The van der Waals surface area contributed by atoms with Crippen LogP contribution in [0, 0.1) is 6.92 Å². The summed E-state index contributed by atoms with van der Waals surface area (Å²) in [4.78, 5) is 27.9. The van der Waals surface area contributed by atoms with Crippen molar-refractivity contribution in [3.8, 4) is 5.75 Å². The summed E-state index contributed by atoms with van der Waals surface area (Å²) >= 11 is 0. The monoisotopic (exact) mass is 408 g/mol. The predicted molar refractivity (Wildman–Crippen MR) is 118 cm³/mol. The maximum Gasteiger partial charge on any atom is 0.261 e. The number of ether oxygens (including phenoxy) is 1. The molecule has 1 unspecified atom stereocenters. The Balaban J connectivity index is 1.74. The van der Waals surface area contributed by atoms with Crippen molar-refractivity contribution in [3.05, 3.63) is 65.7 Å². The van der Waals surface area contributed by atoms with Gasteiger partial charge in [0.2, 0.25) is 5.91 Å². The third-order valence-corrected chi connectivity index (χ3v) is 5.73. The Bertz CT molecular complexity index is 831. The summed E-state index contributed by atoms with van der Waals surface area (Å²) in [5.74, 6) is 0.439. The number of nitrogens with one attached hydrogen (secondary N) is 1. The highest BCUT2D eigenvalue weighted by molar-refractivity contribution is 5.88. The fourth-order valence-corrected chi connectivity index (χ4v) is 4.01. The molecule has 3 rings (SSSR count). The molecule has 2 aromatic carbocycles. The number of hydrogen-bond donors (Lipinski definition) is 1. The van der Waals surface area contributed by atoms with E-state index in [9.17, 15) is 9.59 Å². The van der Waals surface area contributed by atoms with Crippen LogP contribution < -0.4 is 10.1 Å². The van der Waals surface area contributed by atoms with E-state index < -0.39 is 6.04 Å². The Morgan fingerprint density at radius 2 is 1.73 bits per heavy atom. The van der Waals surface area contributed by atoms with Crippen LogP contribution in [-0.2, 0) is 16.1 Å². The second-order valence-corrected chi connectivity index (χ2v) is 7.98. The molecule has 1 fully saturated rings. The molecule has 0 heterocycles. The molecule has 1 atom stereocenters. The lowest BCUT2D eigenvalue weighted by atomic mass is 10.1. The average Bonchev–Trinajstić information content (AvgIpc) is 3.26. The van der Waals surface area contributed by atoms with Crippen LogP contribution in [0.2, 0.25) is 0 Å². The van der Waals surface area contributed by atoms with Crippen LogP contribution in [0.1, 0.15) is 50.2 Å². The molecular formula is C25H32N2O3. The molecule has 1 saturated carbocycles. The van der Waals surface area contributed by atoms with Gasteiger partial charge in [0, 0.05) is 12.6 Å². The van der Waals surface area contributed by atoms with Crippen LogP contribution in [0.25, 0.3) is 0 Å². The molecule has 0 aliphatic heterocycles. The summed E-state index contributed by atoms with van der Waals surface area (Å²) in [7, 11) is 0. The van der Waals surface area contributed by atoms with Crippen molar-refractivity contribution in [2.24, 2.45) is 0 Å². The topological polar surface area (TPSA) is 58.6 Å². The number of rotatable bonds is 9. The molecule has 160 valence electrons. The molecule has 1 N–H and O–H groups in total. The number of aryl methyl sites for hydroxylation is 1. The number of hydrogen-bond acceptors (Lipinski definition) is 3. The van der Waals surface area contributed by atoms with E-state index in [4.69, 9.17) is 4.74 Å². The van der Waals surface area contributed by atoms with Gasteiger partial charge in [-0.25, -0.2) is 0 Å². The maximum atomic E-state index is 13.2.